The molecule has 2 aliphatic heterocycles. The summed E-state index contributed by atoms with van der Waals surface area (Å²) >= 11 is 0. The number of nitrogens with zero attached hydrogens (tertiary/aromatic N) is 1. The Morgan fingerprint density at radius 2 is 1.64 bits per heavy atom. The number of hydrogen-bond acceptors (Lipinski definition) is 4. The number of aromatic nitrogens is 1. The fraction of sp³-hybridized carbons (Fsp3) is 0.194. The zero-order valence-electron chi connectivity index (χ0n) is 24.2. The Morgan fingerprint density at radius 3 is 2.43 bits per heavy atom. The van der Waals surface area contributed by atoms with E-state index in [1.165, 1.54) is 0 Å². The first-order chi connectivity index (χ1) is 21.5. The monoisotopic (exact) mass is 584 g/mol. The quantitative estimate of drug-likeness (QED) is 0.246. The van der Waals surface area contributed by atoms with Crippen LogP contribution in [0.15, 0.2) is 103 Å². The summed E-state index contributed by atoms with van der Waals surface area (Å²) in [5, 5.41) is 7.07. The summed E-state index contributed by atoms with van der Waals surface area (Å²) in [7, 11) is 1.61. The second kappa shape index (κ2) is 11.4. The molecule has 4 aromatic carbocycles. The number of nitrogens with one attached hydrogen (secondary N) is 3. The van der Waals surface area contributed by atoms with E-state index >= 15 is 0 Å². The molecule has 8 nitrogen and oxygen atoms in total. The number of H-pyrrole nitrogens is 1. The maximum Gasteiger partial charge on any atom is 0.255 e. The second-order valence-electron chi connectivity index (χ2n) is 11.3. The van der Waals surface area contributed by atoms with Gasteiger partial charge >= 0.3 is 0 Å². The van der Waals surface area contributed by atoms with Crippen LogP contribution in [0, 0.1) is 0 Å². The van der Waals surface area contributed by atoms with E-state index in [4.69, 9.17) is 4.74 Å². The molecule has 7 rings (SSSR count). The number of amides is 3. The molecular weight excluding hydrogens is 552 g/mol. The van der Waals surface area contributed by atoms with Gasteiger partial charge in [0.2, 0.25) is 11.8 Å². The van der Waals surface area contributed by atoms with Gasteiger partial charge in [-0.15, -0.1) is 0 Å². The molecule has 3 amide bonds. The molecule has 5 aromatic rings. The van der Waals surface area contributed by atoms with Gasteiger partial charge in [0.15, 0.2) is 0 Å². The summed E-state index contributed by atoms with van der Waals surface area (Å²) in [5.41, 5.74) is 6.23. The van der Waals surface area contributed by atoms with Gasteiger partial charge in [-0.3, -0.25) is 14.4 Å². The van der Waals surface area contributed by atoms with Crippen LogP contribution in [-0.4, -0.2) is 46.8 Å². The Bertz CT molecular complexity index is 1860. The Hall–Kier alpha value is -5.37. The molecule has 2 aliphatic rings. The van der Waals surface area contributed by atoms with Crippen molar-refractivity contribution in [1.29, 1.82) is 0 Å². The first-order valence-electron chi connectivity index (χ1n) is 14.8. The molecule has 3 atom stereocenters. The minimum Gasteiger partial charge on any atom is -0.497 e. The van der Waals surface area contributed by atoms with Crippen LogP contribution in [0.4, 0.5) is 0 Å². The van der Waals surface area contributed by atoms with Crippen molar-refractivity contribution in [2.45, 2.75) is 37.5 Å². The standard InChI is InChI=1S/C36H32N4O4/c1-44-24-17-15-23(16-18-24)21-37-34(41)30(19-22-9-3-2-4-10-22)39-35(42)31-20-28-25-11-7-8-14-29(25)38-32(28)33-26-12-5-6-13-27(26)36(43)40(31)33/h2-18,30-31,33,38H,19-21H2,1H3,(H,37,41)(H,39,42)/t30-,31-,33?/m0/s1. The van der Waals surface area contributed by atoms with Crippen molar-refractivity contribution in [2.75, 3.05) is 7.11 Å². The number of para-hydroxylation sites is 1. The highest BCUT2D eigenvalue weighted by molar-refractivity contribution is 6.04. The van der Waals surface area contributed by atoms with Gasteiger partial charge in [-0.1, -0.05) is 78.9 Å². The number of methoxy groups -OCH3 is 1. The number of carbonyl (C=O) groups excluding carboxylic acids is 3. The highest BCUT2D eigenvalue weighted by atomic mass is 16.5. The molecule has 0 saturated heterocycles. The van der Waals surface area contributed by atoms with E-state index in [0.717, 1.165) is 44.6 Å². The third-order valence-corrected chi connectivity index (χ3v) is 8.70. The van der Waals surface area contributed by atoms with Crippen molar-refractivity contribution < 1.29 is 19.1 Å². The van der Waals surface area contributed by atoms with E-state index < -0.39 is 18.1 Å². The summed E-state index contributed by atoms with van der Waals surface area (Å²) < 4.78 is 5.23. The van der Waals surface area contributed by atoms with Crippen molar-refractivity contribution in [1.82, 2.24) is 20.5 Å². The van der Waals surface area contributed by atoms with E-state index in [-0.39, 0.29) is 17.7 Å². The van der Waals surface area contributed by atoms with Gasteiger partial charge < -0.3 is 25.3 Å². The van der Waals surface area contributed by atoms with Crippen molar-refractivity contribution in [2.24, 2.45) is 0 Å². The zero-order chi connectivity index (χ0) is 30.2. The van der Waals surface area contributed by atoms with Crippen LogP contribution in [-0.2, 0) is 29.0 Å². The number of carbonyl (C=O) groups is 3. The predicted octanol–water partition coefficient (Wildman–Crippen LogP) is 4.69. The normalized spacial score (nSPS) is 17.4. The first-order valence-corrected chi connectivity index (χ1v) is 14.8. The van der Waals surface area contributed by atoms with Gasteiger partial charge in [-0.05, 0) is 46.5 Å². The van der Waals surface area contributed by atoms with Gasteiger partial charge in [0.25, 0.3) is 5.91 Å². The third kappa shape index (κ3) is 4.88. The molecule has 8 heteroatoms. The molecule has 220 valence electrons. The van der Waals surface area contributed by atoms with E-state index in [0.29, 0.717) is 24.9 Å². The predicted molar refractivity (Wildman–Crippen MR) is 167 cm³/mol. The van der Waals surface area contributed by atoms with Crippen LogP contribution >= 0.6 is 0 Å². The van der Waals surface area contributed by atoms with Crippen LogP contribution in [0.25, 0.3) is 10.9 Å². The van der Waals surface area contributed by atoms with Crippen LogP contribution in [0.2, 0.25) is 0 Å². The molecule has 0 spiro atoms. The lowest BCUT2D eigenvalue weighted by Crippen LogP contribution is -2.57. The second-order valence-corrected chi connectivity index (χ2v) is 11.3. The molecule has 0 radical (unpaired) electrons. The van der Waals surface area contributed by atoms with Gasteiger partial charge in [0.05, 0.1) is 13.2 Å². The van der Waals surface area contributed by atoms with Crippen molar-refractivity contribution in [3.8, 4) is 5.75 Å². The van der Waals surface area contributed by atoms with E-state index in [1.54, 1.807) is 12.0 Å². The molecule has 0 bridgehead atoms. The zero-order valence-corrected chi connectivity index (χ0v) is 24.2. The minimum absolute atomic E-state index is 0.182. The number of aromatic amines is 1. The van der Waals surface area contributed by atoms with Crippen LogP contribution in [0.3, 0.4) is 0 Å². The average Bonchev–Trinajstić information content (AvgIpc) is 3.59. The number of rotatable bonds is 8. The first kappa shape index (κ1) is 27.5. The van der Waals surface area contributed by atoms with Gasteiger partial charge in [0, 0.05) is 41.5 Å². The molecule has 1 unspecified atom stereocenters. The van der Waals surface area contributed by atoms with Crippen molar-refractivity contribution in [3.05, 3.63) is 137 Å². The van der Waals surface area contributed by atoms with Crippen LogP contribution in [0.1, 0.15) is 44.3 Å². The fourth-order valence-corrected chi connectivity index (χ4v) is 6.52. The number of ether oxygens (including phenoxy) is 1. The summed E-state index contributed by atoms with van der Waals surface area (Å²) in [6.45, 7) is 0.300. The Balaban J connectivity index is 1.19. The van der Waals surface area contributed by atoms with Gasteiger partial charge in [-0.25, -0.2) is 0 Å². The Labute approximate surface area is 255 Å². The Morgan fingerprint density at radius 1 is 0.909 bits per heavy atom. The van der Waals surface area contributed by atoms with E-state index in [2.05, 4.69) is 15.6 Å². The Kier molecular flexibility index (Phi) is 7.10. The van der Waals surface area contributed by atoms with Crippen LogP contribution < -0.4 is 15.4 Å². The average molecular weight is 585 g/mol. The topological polar surface area (TPSA) is 104 Å². The van der Waals surface area contributed by atoms with Crippen molar-refractivity contribution >= 4 is 28.6 Å². The number of hydrogen-bond donors (Lipinski definition) is 3. The van der Waals surface area contributed by atoms with Crippen LogP contribution in [0.5, 0.6) is 5.75 Å². The summed E-state index contributed by atoms with van der Waals surface area (Å²) in [5.74, 6) is -0.0995. The summed E-state index contributed by atoms with van der Waals surface area (Å²) in [6, 6.07) is 30.6. The molecule has 3 N–H and O–H groups in total. The van der Waals surface area contributed by atoms with E-state index in [9.17, 15) is 14.4 Å². The van der Waals surface area contributed by atoms with E-state index in [1.807, 2.05) is 103 Å². The maximum atomic E-state index is 14.2. The lowest BCUT2D eigenvalue weighted by Gasteiger charge is -2.37. The number of benzene rings is 4. The molecule has 44 heavy (non-hydrogen) atoms. The maximum absolute atomic E-state index is 14.2. The highest BCUT2D eigenvalue weighted by Crippen LogP contribution is 2.46. The summed E-state index contributed by atoms with van der Waals surface area (Å²) in [6.07, 6.45) is 0.649. The van der Waals surface area contributed by atoms with Gasteiger partial charge in [-0.2, -0.15) is 0 Å². The molecule has 3 heterocycles. The SMILES string of the molecule is COc1ccc(CNC(=O)[C@H](Cc2ccccc2)NC(=O)[C@@H]2Cc3c([nH]c4ccccc34)C3c4ccccc4C(=O)N32)cc1. The van der Waals surface area contributed by atoms with Crippen molar-refractivity contribution in [3.63, 3.8) is 0 Å². The molecular formula is C36H32N4O4. The smallest absolute Gasteiger partial charge is 0.255 e. The number of fused-ring (bicyclic) bond motifs is 7. The summed E-state index contributed by atoms with van der Waals surface area (Å²) in [4.78, 5) is 46.9. The minimum atomic E-state index is -0.842. The third-order valence-electron chi connectivity index (χ3n) is 8.70. The highest BCUT2D eigenvalue weighted by Gasteiger charge is 2.49. The van der Waals surface area contributed by atoms with Gasteiger partial charge in [0.1, 0.15) is 17.8 Å². The lowest BCUT2D eigenvalue weighted by molar-refractivity contribution is -0.132. The fourth-order valence-electron chi connectivity index (χ4n) is 6.52. The molecule has 0 saturated carbocycles. The molecule has 0 aliphatic carbocycles. The molecule has 1 aromatic heterocycles. The lowest BCUT2D eigenvalue weighted by atomic mass is 9.89. The molecule has 0 fully saturated rings. The largest absolute Gasteiger partial charge is 0.497 e.